The van der Waals surface area contributed by atoms with Gasteiger partial charge in [0.2, 0.25) is 0 Å². The molecule has 0 aliphatic carbocycles. The first-order valence-corrected chi connectivity index (χ1v) is 10.0. The van der Waals surface area contributed by atoms with Gasteiger partial charge in [0.1, 0.15) is 11.6 Å². The molecule has 2 N–H and O–H groups in total. The van der Waals surface area contributed by atoms with E-state index < -0.39 is 17.5 Å². The molecule has 9 nitrogen and oxygen atoms in total. The van der Waals surface area contributed by atoms with Crippen molar-refractivity contribution in [2.75, 3.05) is 45.4 Å². The summed E-state index contributed by atoms with van der Waals surface area (Å²) in [4.78, 5) is 17.7. The maximum Gasteiger partial charge on any atom is 0.274 e. The van der Waals surface area contributed by atoms with Gasteiger partial charge in [0.05, 0.1) is 13.2 Å². The zero-order valence-electron chi connectivity index (χ0n) is 18.2. The molecule has 0 saturated carbocycles. The number of benzene rings is 2. The van der Waals surface area contributed by atoms with E-state index in [0.717, 1.165) is 17.8 Å². The molecule has 0 fully saturated rings. The van der Waals surface area contributed by atoms with Crippen LogP contribution in [0.2, 0.25) is 0 Å². The highest BCUT2D eigenvalue weighted by molar-refractivity contribution is 5.93. The fraction of sp³-hybridized carbons (Fsp3) is 0.318. The lowest BCUT2D eigenvalue weighted by Crippen LogP contribution is -2.30. The number of hydrogen-bond acceptors (Lipinski definition) is 8. The van der Waals surface area contributed by atoms with Crippen LogP contribution >= 0.6 is 0 Å². The summed E-state index contributed by atoms with van der Waals surface area (Å²) >= 11 is 0. The number of carbonyl (C=O) groups excluding carboxylic acids is 1. The number of amides is 1. The van der Waals surface area contributed by atoms with Gasteiger partial charge in [-0.3, -0.25) is 10.0 Å². The van der Waals surface area contributed by atoms with E-state index in [1.54, 1.807) is 20.3 Å². The predicted molar refractivity (Wildman–Crippen MR) is 114 cm³/mol. The van der Waals surface area contributed by atoms with E-state index >= 15 is 0 Å². The van der Waals surface area contributed by atoms with Crippen molar-refractivity contribution in [1.29, 1.82) is 0 Å². The molecule has 1 heterocycles. The zero-order chi connectivity index (χ0) is 23.8. The Hall–Kier alpha value is -3.41. The molecule has 11 heteroatoms. The quantitative estimate of drug-likeness (QED) is 0.331. The van der Waals surface area contributed by atoms with Crippen LogP contribution in [0.1, 0.15) is 21.7 Å². The second-order valence-corrected chi connectivity index (χ2v) is 7.07. The molecule has 0 saturated heterocycles. The Labute approximate surface area is 188 Å². The number of carbonyl (C=O) groups is 1. The third-order valence-electron chi connectivity index (χ3n) is 4.90. The Morgan fingerprint density at radius 1 is 1.12 bits per heavy atom. The van der Waals surface area contributed by atoms with Crippen LogP contribution in [-0.2, 0) is 15.9 Å². The summed E-state index contributed by atoms with van der Waals surface area (Å²) in [7, 11) is 3.26. The molecular weight excluding hydrogens is 438 g/mol. The van der Waals surface area contributed by atoms with Gasteiger partial charge < -0.3 is 18.9 Å². The van der Waals surface area contributed by atoms with Crippen LogP contribution in [0.25, 0.3) is 11.5 Å². The van der Waals surface area contributed by atoms with E-state index in [1.165, 1.54) is 5.48 Å². The Bertz CT molecular complexity index is 1060. The van der Waals surface area contributed by atoms with Crippen molar-refractivity contribution < 1.29 is 32.8 Å². The molecule has 2 aromatic carbocycles. The number of hydrogen-bond donors (Lipinski definition) is 2. The van der Waals surface area contributed by atoms with Gasteiger partial charge in [-0.25, -0.2) is 14.3 Å². The zero-order valence-corrected chi connectivity index (χ0v) is 18.2. The van der Waals surface area contributed by atoms with E-state index in [2.05, 4.69) is 15.0 Å². The third-order valence-corrected chi connectivity index (χ3v) is 4.90. The largest absolute Gasteiger partial charge is 0.383 e. The smallest absolute Gasteiger partial charge is 0.274 e. The van der Waals surface area contributed by atoms with E-state index in [0.29, 0.717) is 31.9 Å². The van der Waals surface area contributed by atoms with Crippen molar-refractivity contribution in [2.24, 2.45) is 0 Å². The number of nitrogens with zero attached hydrogens (tertiary/aromatic N) is 3. The number of aromatic nitrogens is 2. The SMILES string of the molecule is COCCN(CCOC)c1cccc(-c2nc(Cc3c(F)cc(C(=O)NO)cc3F)no2)c1. The third kappa shape index (κ3) is 6.09. The summed E-state index contributed by atoms with van der Waals surface area (Å²) in [6.45, 7) is 2.38. The van der Waals surface area contributed by atoms with Gasteiger partial charge in [0, 0.05) is 56.1 Å². The maximum absolute atomic E-state index is 14.4. The highest BCUT2D eigenvalue weighted by Crippen LogP contribution is 2.25. The van der Waals surface area contributed by atoms with Crippen LogP contribution in [0.15, 0.2) is 40.9 Å². The van der Waals surface area contributed by atoms with Gasteiger partial charge in [-0.1, -0.05) is 11.2 Å². The number of halogens is 2. The van der Waals surface area contributed by atoms with Crippen LogP contribution < -0.4 is 10.4 Å². The van der Waals surface area contributed by atoms with E-state index in [1.807, 2.05) is 18.2 Å². The Morgan fingerprint density at radius 2 is 1.79 bits per heavy atom. The molecule has 3 rings (SSSR count). The van der Waals surface area contributed by atoms with Crippen molar-refractivity contribution in [3.8, 4) is 11.5 Å². The Morgan fingerprint density at radius 3 is 2.39 bits per heavy atom. The number of ether oxygens (including phenoxy) is 2. The van der Waals surface area contributed by atoms with Gasteiger partial charge in [0.25, 0.3) is 11.8 Å². The van der Waals surface area contributed by atoms with Crippen molar-refractivity contribution in [2.45, 2.75) is 6.42 Å². The molecule has 0 atom stereocenters. The normalized spacial score (nSPS) is 10.9. The first-order chi connectivity index (χ1) is 16.0. The van der Waals surface area contributed by atoms with Gasteiger partial charge in [-0.2, -0.15) is 4.98 Å². The summed E-state index contributed by atoms with van der Waals surface area (Å²) in [6.07, 6.45) is -0.282. The van der Waals surface area contributed by atoms with E-state index in [-0.39, 0.29) is 29.3 Å². The second kappa shape index (κ2) is 11.5. The van der Waals surface area contributed by atoms with Crippen LogP contribution in [0.3, 0.4) is 0 Å². The molecule has 33 heavy (non-hydrogen) atoms. The molecular formula is C22H24F2N4O5. The Kier molecular flexibility index (Phi) is 8.41. The van der Waals surface area contributed by atoms with Gasteiger partial charge in [0.15, 0.2) is 5.82 Å². The number of nitrogens with one attached hydrogen (secondary N) is 1. The average Bonchev–Trinajstić information content (AvgIpc) is 3.29. The number of hydroxylamine groups is 1. The predicted octanol–water partition coefficient (Wildman–Crippen LogP) is 2.82. The minimum absolute atomic E-state index is 0.0724. The minimum Gasteiger partial charge on any atom is -0.383 e. The highest BCUT2D eigenvalue weighted by atomic mass is 19.1. The van der Waals surface area contributed by atoms with E-state index in [4.69, 9.17) is 19.2 Å². The lowest BCUT2D eigenvalue weighted by molar-refractivity contribution is 0.0705. The van der Waals surface area contributed by atoms with Gasteiger partial charge in [-0.05, 0) is 30.3 Å². The maximum atomic E-state index is 14.4. The van der Waals surface area contributed by atoms with Crippen molar-refractivity contribution in [1.82, 2.24) is 15.6 Å². The first kappa shape index (κ1) is 24.2. The number of anilines is 1. The minimum atomic E-state index is -1.02. The first-order valence-electron chi connectivity index (χ1n) is 10.0. The fourth-order valence-corrected chi connectivity index (χ4v) is 3.18. The molecule has 0 bridgehead atoms. The summed E-state index contributed by atoms with van der Waals surface area (Å²) in [5.41, 5.74) is 2.20. The standard InChI is InChI=1S/C22H24F2N4O5/c1-31-8-6-28(7-9-32-2)16-5-3-4-14(10-16)22-25-20(27-33-22)13-17-18(23)11-15(12-19(17)24)21(29)26-30/h3-5,10-12,30H,6-9,13H2,1-2H3,(H,26,29). The van der Waals surface area contributed by atoms with Crippen molar-refractivity contribution >= 4 is 11.6 Å². The fourth-order valence-electron chi connectivity index (χ4n) is 3.18. The molecule has 3 aromatic rings. The molecule has 0 aliphatic heterocycles. The van der Waals surface area contributed by atoms with Gasteiger partial charge in [-0.15, -0.1) is 0 Å². The van der Waals surface area contributed by atoms with Crippen molar-refractivity contribution in [3.05, 3.63) is 65.0 Å². The molecule has 0 aliphatic rings. The molecule has 0 spiro atoms. The summed E-state index contributed by atoms with van der Waals surface area (Å²) in [5, 5.41) is 12.5. The monoisotopic (exact) mass is 462 g/mol. The topological polar surface area (TPSA) is 110 Å². The Balaban J connectivity index is 1.81. The molecule has 176 valence electrons. The van der Waals surface area contributed by atoms with Crippen LogP contribution in [0.5, 0.6) is 0 Å². The highest BCUT2D eigenvalue weighted by Gasteiger charge is 2.19. The summed E-state index contributed by atoms with van der Waals surface area (Å²) < 4.78 is 44.4. The summed E-state index contributed by atoms with van der Waals surface area (Å²) in [6, 6.07) is 9.07. The van der Waals surface area contributed by atoms with Gasteiger partial charge >= 0.3 is 0 Å². The lowest BCUT2D eigenvalue weighted by atomic mass is 10.1. The van der Waals surface area contributed by atoms with Crippen LogP contribution in [0.4, 0.5) is 14.5 Å². The van der Waals surface area contributed by atoms with E-state index in [9.17, 15) is 13.6 Å². The second-order valence-electron chi connectivity index (χ2n) is 7.07. The van der Waals surface area contributed by atoms with Crippen molar-refractivity contribution in [3.63, 3.8) is 0 Å². The molecule has 0 unspecified atom stereocenters. The molecule has 1 amide bonds. The number of rotatable bonds is 11. The summed E-state index contributed by atoms with van der Waals surface area (Å²) in [5.74, 6) is -2.68. The van der Waals surface area contributed by atoms with Crippen LogP contribution in [-0.4, -0.2) is 61.8 Å². The molecule has 0 radical (unpaired) electrons. The number of methoxy groups -OCH3 is 2. The van der Waals surface area contributed by atoms with Crippen LogP contribution in [0, 0.1) is 11.6 Å². The lowest BCUT2D eigenvalue weighted by Gasteiger charge is -2.24. The average molecular weight is 462 g/mol. The molecule has 1 aromatic heterocycles.